The maximum Gasteiger partial charge on any atom is 0.256 e. The number of nitrogens with zero attached hydrogens (tertiary/aromatic N) is 3. The molecule has 32 heavy (non-hydrogen) atoms. The van der Waals surface area contributed by atoms with Gasteiger partial charge in [-0.2, -0.15) is 0 Å². The number of para-hydroxylation sites is 1. The van der Waals surface area contributed by atoms with E-state index >= 15 is 0 Å². The lowest BCUT2D eigenvalue weighted by molar-refractivity contribution is -0.129. The molecule has 0 spiro atoms. The molecule has 0 unspecified atom stereocenters. The lowest BCUT2D eigenvalue weighted by Crippen LogP contribution is -2.39. The van der Waals surface area contributed by atoms with Gasteiger partial charge >= 0.3 is 0 Å². The summed E-state index contributed by atoms with van der Waals surface area (Å²) in [7, 11) is 5.05. The van der Waals surface area contributed by atoms with Gasteiger partial charge in [0.15, 0.2) is 0 Å². The predicted octanol–water partition coefficient (Wildman–Crippen LogP) is 2.18. The van der Waals surface area contributed by atoms with Crippen LogP contribution < -0.4 is 10.1 Å². The number of carbonyl (C=O) groups excluding carboxylic acids is 3. The fraction of sp³-hybridized carbons (Fsp3) is 0.375. The smallest absolute Gasteiger partial charge is 0.256 e. The maximum absolute atomic E-state index is 13.3. The number of hydrogen-bond donors (Lipinski definition) is 1. The van der Waals surface area contributed by atoms with Crippen molar-refractivity contribution in [3.8, 4) is 5.75 Å². The molecule has 1 saturated heterocycles. The third kappa shape index (κ3) is 5.85. The molecule has 1 aliphatic rings. The van der Waals surface area contributed by atoms with Crippen molar-refractivity contribution in [3.05, 3.63) is 59.7 Å². The number of nitrogens with one attached hydrogen (secondary N) is 1. The van der Waals surface area contributed by atoms with Crippen LogP contribution in [0, 0.1) is 0 Å². The number of hydrogen-bond acceptors (Lipinski definition) is 5. The Kier molecular flexibility index (Phi) is 7.83. The van der Waals surface area contributed by atoms with Crippen LogP contribution in [-0.2, 0) is 4.79 Å². The monoisotopic (exact) mass is 438 g/mol. The molecular weight excluding hydrogens is 408 g/mol. The molecule has 0 aliphatic carbocycles. The number of carbonyl (C=O) groups is 3. The van der Waals surface area contributed by atoms with Gasteiger partial charge in [0.05, 0.1) is 24.9 Å². The second kappa shape index (κ2) is 10.8. The lowest BCUT2D eigenvalue weighted by Gasteiger charge is -2.23. The molecule has 2 aromatic rings. The quantitative estimate of drug-likeness (QED) is 0.748. The SMILES string of the molecule is COc1ccc(C(=O)Nc2ccccc2C(=O)N2CCCN(CC(=O)N(C)C)CC2)cc1. The normalized spacial score (nSPS) is 14.4. The van der Waals surface area contributed by atoms with E-state index in [0.29, 0.717) is 48.7 Å². The van der Waals surface area contributed by atoms with E-state index < -0.39 is 0 Å². The van der Waals surface area contributed by atoms with Crippen LogP contribution in [0.2, 0.25) is 0 Å². The third-order valence-electron chi connectivity index (χ3n) is 5.49. The summed E-state index contributed by atoms with van der Waals surface area (Å²) in [4.78, 5) is 43.4. The third-order valence-corrected chi connectivity index (χ3v) is 5.49. The van der Waals surface area contributed by atoms with Gasteiger partial charge < -0.3 is 19.9 Å². The Hall–Kier alpha value is -3.39. The van der Waals surface area contributed by atoms with Crippen molar-refractivity contribution < 1.29 is 19.1 Å². The summed E-state index contributed by atoms with van der Waals surface area (Å²) < 4.78 is 5.13. The van der Waals surface area contributed by atoms with E-state index in [1.54, 1.807) is 79.5 Å². The molecule has 8 heteroatoms. The molecule has 1 N–H and O–H groups in total. The fourth-order valence-corrected chi connectivity index (χ4v) is 3.55. The van der Waals surface area contributed by atoms with Crippen molar-refractivity contribution in [3.63, 3.8) is 0 Å². The lowest BCUT2D eigenvalue weighted by atomic mass is 10.1. The molecule has 3 rings (SSSR count). The van der Waals surface area contributed by atoms with Crippen molar-refractivity contribution in [2.24, 2.45) is 0 Å². The number of anilines is 1. The first-order valence-electron chi connectivity index (χ1n) is 10.6. The molecule has 2 aromatic carbocycles. The second-order valence-electron chi connectivity index (χ2n) is 7.94. The van der Waals surface area contributed by atoms with E-state index in [0.717, 1.165) is 13.0 Å². The van der Waals surface area contributed by atoms with Crippen molar-refractivity contribution in [2.45, 2.75) is 6.42 Å². The van der Waals surface area contributed by atoms with Crippen molar-refractivity contribution in [1.82, 2.24) is 14.7 Å². The summed E-state index contributed by atoms with van der Waals surface area (Å²) in [6.07, 6.45) is 0.785. The molecule has 1 fully saturated rings. The Morgan fingerprint density at radius 3 is 2.38 bits per heavy atom. The minimum atomic E-state index is -0.294. The summed E-state index contributed by atoms with van der Waals surface area (Å²) in [5, 5.41) is 2.86. The van der Waals surface area contributed by atoms with Gasteiger partial charge in [0.2, 0.25) is 5.91 Å². The van der Waals surface area contributed by atoms with Gasteiger partial charge in [-0.3, -0.25) is 19.3 Å². The average molecular weight is 439 g/mol. The van der Waals surface area contributed by atoms with E-state index in [1.165, 1.54) is 0 Å². The first-order valence-corrected chi connectivity index (χ1v) is 10.6. The number of benzene rings is 2. The van der Waals surface area contributed by atoms with Crippen LogP contribution in [0.1, 0.15) is 27.1 Å². The topological polar surface area (TPSA) is 82.2 Å². The van der Waals surface area contributed by atoms with Crippen LogP contribution in [0.5, 0.6) is 5.75 Å². The van der Waals surface area contributed by atoms with E-state index in [9.17, 15) is 14.4 Å². The minimum absolute atomic E-state index is 0.0522. The molecular formula is C24H30N4O4. The second-order valence-corrected chi connectivity index (χ2v) is 7.94. The standard InChI is InChI=1S/C24H30N4O4/c1-26(2)22(29)17-27-13-6-14-28(16-15-27)24(31)20-7-4-5-8-21(20)25-23(30)18-9-11-19(32-3)12-10-18/h4-5,7-12H,6,13-17H2,1-3H3,(H,25,30). The average Bonchev–Trinajstić information content (AvgIpc) is 3.04. The van der Waals surface area contributed by atoms with Crippen LogP contribution >= 0.6 is 0 Å². The summed E-state index contributed by atoms with van der Waals surface area (Å²) in [5.74, 6) is 0.296. The van der Waals surface area contributed by atoms with Crippen LogP contribution in [0.4, 0.5) is 5.69 Å². The number of methoxy groups -OCH3 is 1. The van der Waals surface area contributed by atoms with Crippen molar-refractivity contribution in [2.75, 3.05) is 59.2 Å². The highest BCUT2D eigenvalue weighted by atomic mass is 16.5. The molecule has 0 aromatic heterocycles. The number of amides is 3. The van der Waals surface area contributed by atoms with Gasteiger partial charge in [-0.05, 0) is 42.8 Å². The molecule has 0 bridgehead atoms. The van der Waals surface area contributed by atoms with Gasteiger partial charge in [0.25, 0.3) is 11.8 Å². The zero-order chi connectivity index (χ0) is 23.1. The van der Waals surface area contributed by atoms with E-state index in [1.807, 2.05) is 0 Å². The van der Waals surface area contributed by atoms with Gasteiger partial charge in [0, 0.05) is 45.8 Å². The summed E-state index contributed by atoms with van der Waals surface area (Å²) in [6.45, 7) is 2.88. The van der Waals surface area contributed by atoms with Crippen LogP contribution in [0.3, 0.4) is 0 Å². The zero-order valence-corrected chi connectivity index (χ0v) is 18.8. The number of likely N-dealkylation sites (N-methyl/N-ethyl adjacent to an activating group) is 1. The Morgan fingerprint density at radius 2 is 1.69 bits per heavy atom. The summed E-state index contributed by atoms with van der Waals surface area (Å²) >= 11 is 0. The molecule has 170 valence electrons. The highest BCUT2D eigenvalue weighted by molar-refractivity contribution is 6.09. The van der Waals surface area contributed by atoms with E-state index in [4.69, 9.17) is 4.74 Å². The molecule has 0 saturated carbocycles. The van der Waals surface area contributed by atoms with Crippen LogP contribution in [0.15, 0.2) is 48.5 Å². The number of ether oxygens (including phenoxy) is 1. The van der Waals surface area contributed by atoms with E-state index in [-0.39, 0.29) is 17.7 Å². The zero-order valence-electron chi connectivity index (χ0n) is 18.8. The molecule has 1 aliphatic heterocycles. The Labute approximate surface area is 188 Å². The summed E-state index contributed by atoms with van der Waals surface area (Å²) in [6, 6.07) is 13.8. The van der Waals surface area contributed by atoms with Crippen molar-refractivity contribution >= 4 is 23.4 Å². The Bertz CT molecular complexity index is 959. The first-order chi connectivity index (χ1) is 15.4. The first kappa shape index (κ1) is 23.3. The van der Waals surface area contributed by atoms with Crippen molar-refractivity contribution in [1.29, 1.82) is 0 Å². The fourth-order valence-electron chi connectivity index (χ4n) is 3.55. The Morgan fingerprint density at radius 1 is 0.969 bits per heavy atom. The molecule has 8 nitrogen and oxygen atoms in total. The van der Waals surface area contributed by atoms with Gasteiger partial charge in [-0.25, -0.2) is 0 Å². The predicted molar refractivity (Wildman–Crippen MR) is 123 cm³/mol. The van der Waals surface area contributed by atoms with Crippen LogP contribution in [0.25, 0.3) is 0 Å². The molecule has 1 heterocycles. The summed E-state index contributed by atoms with van der Waals surface area (Å²) in [5.41, 5.74) is 1.40. The van der Waals surface area contributed by atoms with E-state index in [2.05, 4.69) is 10.2 Å². The molecule has 0 atom stereocenters. The highest BCUT2D eigenvalue weighted by Gasteiger charge is 2.24. The molecule has 3 amide bonds. The van der Waals surface area contributed by atoms with Gasteiger partial charge in [-0.1, -0.05) is 12.1 Å². The highest BCUT2D eigenvalue weighted by Crippen LogP contribution is 2.20. The number of rotatable bonds is 6. The molecule has 0 radical (unpaired) electrons. The minimum Gasteiger partial charge on any atom is -0.497 e. The van der Waals surface area contributed by atoms with Crippen LogP contribution in [-0.4, -0.2) is 86.4 Å². The van der Waals surface area contributed by atoms with Gasteiger partial charge in [0.1, 0.15) is 5.75 Å². The Balaban J connectivity index is 1.68. The largest absolute Gasteiger partial charge is 0.497 e. The van der Waals surface area contributed by atoms with Gasteiger partial charge in [-0.15, -0.1) is 0 Å². The maximum atomic E-state index is 13.3.